The first-order valence-electron chi connectivity index (χ1n) is 18.4. The van der Waals surface area contributed by atoms with Crippen LogP contribution in [0.3, 0.4) is 0 Å². The first-order chi connectivity index (χ1) is 21.2. The van der Waals surface area contributed by atoms with E-state index in [0.29, 0.717) is 25.7 Å². The lowest BCUT2D eigenvalue weighted by molar-refractivity contribution is -0.975. The molecule has 0 amide bonds. The zero-order valence-corrected chi connectivity index (χ0v) is 29.0. The lowest BCUT2D eigenvalue weighted by Crippen LogP contribution is -2.74. The van der Waals surface area contributed by atoms with Crippen LogP contribution in [0, 0.1) is 0 Å². The van der Waals surface area contributed by atoms with E-state index in [1.807, 2.05) is 20.8 Å². The number of carbonyl (C=O) groups excluding carboxylic acids is 1. The summed E-state index contributed by atoms with van der Waals surface area (Å²) in [4.78, 5) is 37.7. The third-order valence-corrected chi connectivity index (χ3v) is 9.42. The Bertz CT molecular complexity index is 707. The van der Waals surface area contributed by atoms with E-state index in [-0.39, 0.29) is 25.8 Å². The van der Waals surface area contributed by atoms with Crippen LogP contribution in [0.15, 0.2) is 12.2 Å². The van der Waals surface area contributed by atoms with Crippen LogP contribution in [0.5, 0.6) is 0 Å². The number of carboxylic acid groups (broad SMARTS) is 3. The maximum atomic E-state index is 12.6. The molecule has 0 heterocycles. The van der Waals surface area contributed by atoms with Gasteiger partial charge in [-0.3, -0.25) is 4.48 Å². The molecule has 0 fully saturated rings. The molecule has 0 saturated carbocycles. The van der Waals surface area contributed by atoms with Crippen molar-refractivity contribution in [3.63, 3.8) is 0 Å². The highest BCUT2D eigenvalue weighted by molar-refractivity contribution is 5.77. The molecule has 2 N–H and O–H groups in total. The molecule has 0 aliphatic carbocycles. The molecular weight excluding hydrogens is 554 g/mol. The van der Waals surface area contributed by atoms with Crippen LogP contribution in [-0.4, -0.2) is 57.3 Å². The van der Waals surface area contributed by atoms with Crippen molar-refractivity contribution >= 4 is 17.9 Å². The average Bonchev–Trinajstić information content (AvgIpc) is 2.98. The van der Waals surface area contributed by atoms with Crippen LogP contribution in [-0.2, 0) is 14.4 Å². The van der Waals surface area contributed by atoms with E-state index in [1.165, 1.54) is 89.9 Å². The molecule has 3 atom stereocenters. The van der Waals surface area contributed by atoms with Gasteiger partial charge in [0.1, 0.15) is 6.04 Å². The zero-order chi connectivity index (χ0) is 33.1. The summed E-state index contributed by atoms with van der Waals surface area (Å²) < 4.78 is -0.431. The van der Waals surface area contributed by atoms with Gasteiger partial charge in [-0.1, -0.05) is 129 Å². The fraction of sp³-hybridized carbons (Fsp3) is 0.865. The Morgan fingerprint density at radius 2 is 0.886 bits per heavy atom. The van der Waals surface area contributed by atoms with Crippen molar-refractivity contribution in [2.24, 2.45) is 0 Å². The van der Waals surface area contributed by atoms with Gasteiger partial charge in [0.25, 0.3) is 0 Å². The highest BCUT2D eigenvalue weighted by atomic mass is 16.4. The number of nitrogens with zero attached hydrogens (tertiary/aromatic N) is 1. The summed E-state index contributed by atoms with van der Waals surface area (Å²) in [7, 11) is 0. The van der Waals surface area contributed by atoms with Gasteiger partial charge in [0, 0.05) is 19.3 Å². The van der Waals surface area contributed by atoms with Crippen molar-refractivity contribution in [2.45, 2.75) is 200 Å². The molecule has 7 heteroatoms. The standard InChI is InChI=1S/C37H69NO6/c1-5-9-10-11-12-13-14-15-16-17-18-19-20-21-22-23-24-25-26-27-31-38(32(28-6-2)35(39)40,33(29-7-3)36(41)42)34(30-8-4)37(43)44/h5,9,32-34H,6-8,10-31H2,1-4H3,(H2-,39,40,41,42,43,44)/b9-5+. The average molecular weight is 624 g/mol. The number of hydrogen-bond donors (Lipinski definition) is 2. The summed E-state index contributed by atoms with van der Waals surface area (Å²) in [5.74, 6) is -3.55. The van der Waals surface area contributed by atoms with Crippen molar-refractivity contribution in [3.05, 3.63) is 12.2 Å². The number of unbranched alkanes of at least 4 members (excludes halogenated alkanes) is 17. The number of quaternary nitrogens is 1. The topological polar surface area (TPSA) is 115 Å². The van der Waals surface area contributed by atoms with Gasteiger partial charge in [-0.15, -0.1) is 0 Å². The predicted molar refractivity (Wildman–Crippen MR) is 179 cm³/mol. The summed E-state index contributed by atoms with van der Waals surface area (Å²) in [6.45, 7) is 7.91. The Morgan fingerprint density at radius 3 is 1.18 bits per heavy atom. The Labute approximate surface area is 270 Å². The van der Waals surface area contributed by atoms with Crippen molar-refractivity contribution in [1.29, 1.82) is 0 Å². The third-order valence-electron chi connectivity index (χ3n) is 9.42. The van der Waals surface area contributed by atoms with Crippen molar-refractivity contribution in [2.75, 3.05) is 6.54 Å². The van der Waals surface area contributed by atoms with Gasteiger partial charge in [0.05, 0.1) is 12.5 Å². The predicted octanol–water partition coefficient (Wildman–Crippen LogP) is 8.83. The fourth-order valence-corrected chi connectivity index (χ4v) is 7.10. The van der Waals surface area contributed by atoms with Gasteiger partial charge in [0.2, 0.25) is 0 Å². The van der Waals surface area contributed by atoms with E-state index in [2.05, 4.69) is 19.1 Å². The van der Waals surface area contributed by atoms with E-state index < -0.39 is 40.5 Å². The van der Waals surface area contributed by atoms with Crippen molar-refractivity contribution in [3.8, 4) is 0 Å². The Morgan fingerprint density at radius 1 is 0.568 bits per heavy atom. The van der Waals surface area contributed by atoms with Crippen LogP contribution < -0.4 is 5.11 Å². The molecule has 0 rings (SSSR count). The third kappa shape index (κ3) is 17.0. The molecule has 0 aromatic rings. The van der Waals surface area contributed by atoms with Gasteiger partial charge in [-0.2, -0.15) is 0 Å². The molecule has 44 heavy (non-hydrogen) atoms. The lowest BCUT2D eigenvalue weighted by Gasteiger charge is -2.52. The quantitative estimate of drug-likeness (QED) is 0.0439. The molecule has 0 radical (unpaired) electrons. The van der Waals surface area contributed by atoms with E-state index in [4.69, 9.17) is 0 Å². The normalized spacial score (nSPS) is 15.2. The molecular formula is C37H69NO6. The Balaban J connectivity index is 4.69. The van der Waals surface area contributed by atoms with Gasteiger partial charge in [0.15, 0.2) is 12.1 Å². The minimum absolute atomic E-state index is 0.209. The highest BCUT2D eigenvalue weighted by Gasteiger charge is 2.54. The van der Waals surface area contributed by atoms with Crippen LogP contribution in [0.2, 0.25) is 0 Å². The fourth-order valence-electron chi connectivity index (χ4n) is 7.10. The van der Waals surface area contributed by atoms with Gasteiger partial charge in [-0.25, -0.2) is 9.59 Å². The molecule has 3 unspecified atom stereocenters. The lowest BCUT2D eigenvalue weighted by atomic mass is 9.91. The first-order valence-corrected chi connectivity index (χ1v) is 18.4. The van der Waals surface area contributed by atoms with Crippen LogP contribution in [0.4, 0.5) is 0 Å². The summed E-state index contributed by atoms with van der Waals surface area (Å²) in [5, 5.41) is 33.1. The maximum absolute atomic E-state index is 12.6. The molecule has 0 aromatic carbocycles. The molecule has 0 bridgehead atoms. The zero-order valence-electron chi connectivity index (χ0n) is 29.0. The second-order valence-corrected chi connectivity index (χ2v) is 13.0. The largest absolute Gasteiger partial charge is 0.544 e. The number of aliphatic carboxylic acids is 3. The number of rotatable bonds is 32. The van der Waals surface area contributed by atoms with Crippen LogP contribution in [0.1, 0.15) is 182 Å². The molecule has 258 valence electrons. The second kappa shape index (κ2) is 27.4. The van der Waals surface area contributed by atoms with E-state index in [0.717, 1.165) is 19.3 Å². The minimum atomic E-state index is -1.33. The monoisotopic (exact) mass is 624 g/mol. The van der Waals surface area contributed by atoms with Crippen LogP contribution >= 0.6 is 0 Å². The Kier molecular flexibility index (Phi) is 26.2. The first kappa shape index (κ1) is 42.1. The number of allylic oxidation sites excluding steroid dienone is 2. The van der Waals surface area contributed by atoms with Gasteiger partial charge in [-0.05, 0) is 45.4 Å². The number of carboxylic acids is 3. The molecule has 0 spiro atoms. The Hall–Kier alpha value is -1.89. The molecule has 7 nitrogen and oxygen atoms in total. The number of hydrogen-bond acceptors (Lipinski definition) is 4. The summed E-state index contributed by atoms with van der Waals surface area (Å²) >= 11 is 0. The van der Waals surface area contributed by atoms with Gasteiger partial charge >= 0.3 is 11.9 Å². The summed E-state index contributed by atoms with van der Waals surface area (Å²) in [6.07, 6.45) is 28.7. The molecule has 0 aliphatic rings. The second-order valence-electron chi connectivity index (χ2n) is 13.0. The van der Waals surface area contributed by atoms with Crippen molar-refractivity contribution < 1.29 is 34.2 Å². The smallest absolute Gasteiger partial charge is 0.362 e. The van der Waals surface area contributed by atoms with Gasteiger partial charge < -0.3 is 20.1 Å². The molecule has 0 aromatic heterocycles. The van der Waals surface area contributed by atoms with E-state index in [9.17, 15) is 29.7 Å². The van der Waals surface area contributed by atoms with Crippen molar-refractivity contribution in [1.82, 2.24) is 0 Å². The number of carbonyl (C=O) groups is 3. The highest BCUT2D eigenvalue weighted by Crippen LogP contribution is 2.34. The summed E-state index contributed by atoms with van der Waals surface area (Å²) in [5.41, 5.74) is 0. The van der Waals surface area contributed by atoms with E-state index >= 15 is 0 Å². The molecule has 0 saturated heterocycles. The maximum Gasteiger partial charge on any atom is 0.362 e. The van der Waals surface area contributed by atoms with E-state index in [1.54, 1.807) is 0 Å². The SMILES string of the molecule is C/C=C/CCCCCCCCCCCCCCCCCCC[N+](C(CCC)C(=O)[O-])(C(CCC)C(=O)O)C(CCC)C(=O)O. The molecule has 0 aliphatic heterocycles. The van der Waals surface area contributed by atoms with Crippen LogP contribution in [0.25, 0.3) is 0 Å². The summed E-state index contributed by atoms with van der Waals surface area (Å²) in [6, 6.07) is -3.32. The minimum Gasteiger partial charge on any atom is -0.544 e.